The van der Waals surface area contributed by atoms with Crippen molar-refractivity contribution in [3.05, 3.63) is 0 Å². The second kappa shape index (κ2) is 3.56. The summed E-state index contributed by atoms with van der Waals surface area (Å²) < 4.78 is 0. The first kappa shape index (κ1) is 7.54. The Bertz CT molecular complexity index is 119. The second-order valence-electron chi connectivity index (χ2n) is 2.56. The maximum Gasteiger partial charge on any atom is 0.222 e. The number of nitrogens with one attached hydrogen (secondary N) is 1. The van der Waals surface area contributed by atoms with Gasteiger partial charge in [-0.25, -0.2) is 5.32 Å². The van der Waals surface area contributed by atoms with Gasteiger partial charge in [0.15, 0.2) is 0 Å². The first-order chi connectivity index (χ1) is 4.84. The Hall–Kier alpha value is -0.570. The first-order valence-electron chi connectivity index (χ1n) is 3.69. The molecule has 1 radical (unpaired) electrons. The Morgan fingerprint density at radius 3 is 2.60 bits per heavy atom. The van der Waals surface area contributed by atoms with Crippen molar-refractivity contribution in [3.8, 4) is 0 Å². The zero-order valence-electron chi connectivity index (χ0n) is 6.26. The molecule has 0 unspecified atom stereocenters. The summed E-state index contributed by atoms with van der Waals surface area (Å²) in [6, 6.07) is 0. The van der Waals surface area contributed by atoms with Crippen LogP contribution in [0.1, 0.15) is 12.8 Å². The second-order valence-corrected chi connectivity index (χ2v) is 2.56. The van der Waals surface area contributed by atoms with Crippen LogP contribution in [0.15, 0.2) is 0 Å². The Morgan fingerprint density at radius 1 is 1.50 bits per heavy atom. The highest BCUT2D eigenvalue weighted by Gasteiger charge is 2.19. The number of carbonyl (C=O) groups excluding carboxylic acids is 1. The van der Waals surface area contributed by atoms with Crippen molar-refractivity contribution in [1.29, 1.82) is 0 Å². The lowest BCUT2D eigenvalue weighted by molar-refractivity contribution is -0.125. The van der Waals surface area contributed by atoms with Crippen molar-refractivity contribution in [3.63, 3.8) is 0 Å². The van der Waals surface area contributed by atoms with Crippen molar-refractivity contribution in [2.75, 3.05) is 20.1 Å². The van der Waals surface area contributed by atoms with E-state index >= 15 is 0 Å². The van der Waals surface area contributed by atoms with E-state index in [-0.39, 0.29) is 11.8 Å². The molecule has 3 nitrogen and oxygen atoms in total. The van der Waals surface area contributed by atoms with E-state index in [1.807, 2.05) is 0 Å². The molecule has 1 saturated heterocycles. The molecular formula is C7H13N2O. The SMILES string of the molecule is CNC(=O)C1CC[N]CC1. The van der Waals surface area contributed by atoms with Crippen LogP contribution < -0.4 is 10.6 Å². The molecule has 0 atom stereocenters. The number of hydrogen-bond donors (Lipinski definition) is 1. The Kier molecular flexibility index (Phi) is 2.68. The van der Waals surface area contributed by atoms with Gasteiger partial charge in [0.05, 0.1) is 0 Å². The summed E-state index contributed by atoms with van der Waals surface area (Å²) in [4.78, 5) is 11.0. The normalized spacial score (nSPS) is 20.5. The van der Waals surface area contributed by atoms with Crippen LogP contribution in [-0.4, -0.2) is 26.0 Å². The minimum Gasteiger partial charge on any atom is -0.359 e. The third-order valence-corrected chi connectivity index (χ3v) is 1.89. The molecule has 1 amide bonds. The van der Waals surface area contributed by atoms with Crippen LogP contribution in [-0.2, 0) is 4.79 Å². The van der Waals surface area contributed by atoms with E-state index in [1.165, 1.54) is 0 Å². The van der Waals surface area contributed by atoms with E-state index < -0.39 is 0 Å². The van der Waals surface area contributed by atoms with Gasteiger partial charge in [0.2, 0.25) is 5.91 Å². The standard InChI is InChI=1S/C7H13N2O/c1-8-7(10)6-2-4-9-5-3-6/h6H,2-5H2,1H3,(H,8,10). The highest BCUT2D eigenvalue weighted by Crippen LogP contribution is 2.11. The molecule has 1 heterocycles. The molecule has 0 bridgehead atoms. The van der Waals surface area contributed by atoms with Crippen LogP contribution in [0.3, 0.4) is 0 Å². The van der Waals surface area contributed by atoms with Crippen molar-refractivity contribution in [1.82, 2.24) is 10.6 Å². The van der Waals surface area contributed by atoms with E-state index in [0.717, 1.165) is 25.9 Å². The van der Waals surface area contributed by atoms with E-state index in [0.29, 0.717) is 0 Å². The van der Waals surface area contributed by atoms with Crippen LogP contribution in [0.2, 0.25) is 0 Å². The largest absolute Gasteiger partial charge is 0.359 e. The third-order valence-electron chi connectivity index (χ3n) is 1.89. The average Bonchev–Trinajstić information content (AvgIpc) is 2.05. The predicted octanol–water partition coefficient (Wildman–Crippen LogP) is -0.253. The van der Waals surface area contributed by atoms with Crippen LogP contribution >= 0.6 is 0 Å². The molecule has 10 heavy (non-hydrogen) atoms. The monoisotopic (exact) mass is 141 g/mol. The van der Waals surface area contributed by atoms with Gasteiger partial charge < -0.3 is 5.32 Å². The van der Waals surface area contributed by atoms with E-state index in [9.17, 15) is 4.79 Å². The molecular weight excluding hydrogens is 128 g/mol. The number of rotatable bonds is 1. The van der Waals surface area contributed by atoms with Crippen molar-refractivity contribution in [2.45, 2.75) is 12.8 Å². The van der Waals surface area contributed by atoms with Crippen LogP contribution in [0.25, 0.3) is 0 Å². The molecule has 1 aliphatic rings. The number of carbonyl (C=O) groups is 1. The lowest BCUT2D eigenvalue weighted by Crippen LogP contribution is -2.34. The van der Waals surface area contributed by atoms with Gasteiger partial charge in [-0.1, -0.05) is 0 Å². The molecule has 0 aromatic carbocycles. The number of piperidine rings is 1. The summed E-state index contributed by atoms with van der Waals surface area (Å²) in [5.41, 5.74) is 0. The van der Waals surface area contributed by atoms with Gasteiger partial charge in [-0.3, -0.25) is 4.79 Å². The van der Waals surface area contributed by atoms with Crippen molar-refractivity contribution < 1.29 is 4.79 Å². The summed E-state index contributed by atoms with van der Waals surface area (Å²) in [6.07, 6.45) is 1.86. The van der Waals surface area contributed by atoms with Crippen LogP contribution in [0.4, 0.5) is 0 Å². The average molecular weight is 141 g/mol. The highest BCUT2D eigenvalue weighted by atomic mass is 16.1. The van der Waals surface area contributed by atoms with Crippen molar-refractivity contribution in [2.24, 2.45) is 5.92 Å². The Balaban J connectivity index is 2.31. The summed E-state index contributed by atoms with van der Waals surface area (Å²) in [7, 11) is 1.69. The molecule has 0 spiro atoms. The molecule has 57 valence electrons. The zero-order chi connectivity index (χ0) is 7.40. The van der Waals surface area contributed by atoms with Gasteiger partial charge in [-0.05, 0) is 12.8 Å². The van der Waals surface area contributed by atoms with Crippen LogP contribution in [0, 0.1) is 5.92 Å². The maximum atomic E-state index is 11.0. The molecule has 0 aromatic heterocycles. The molecule has 3 heteroatoms. The number of hydrogen-bond acceptors (Lipinski definition) is 1. The lowest BCUT2D eigenvalue weighted by Gasteiger charge is -2.19. The highest BCUT2D eigenvalue weighted by molar-refractivity contribution is 5.78. The quantitative estimate of drug-likeness (QED) is 0.537. The van der Waals surface area contributed by atoms with Gasteiger partial charge in [0.1, 0.15) is 0 Å². The zero-order valence-corrected chi connectivity index (χ0v) is 6.26. The van der Waals surface area contributed by atoms with Gasteiger partial charge in [-0.15, -0.1) is 0 Å². The molecule has 0 saturated carbocycles. The fourth-order valence-corrected chi connectivity index (χ4v) is 1.22. The summed E-state index contributed by atoms with van der Waals surface area (Å²) in [5.74, 6) is 0.400. The Morgan fingerprint density at radius 2 is 2.10 bits per heavy atom. The molecule has 1 rings (SSSR count). The first-order valence-corrected chi connectivity index (χ1v) is 3.69. The third kappa shape index (κ3) is 1.70. The topological polar surface area (TPSA) is 43.2 Å². The fourth-order valence-electron chi connectivity index (χ4n) is 1.22. The molecule has 0 aromatic rings. The van der Waals surface area contributed by atoms with E-state index in [2.05, 4.69) is 10.6 Å². The van der Waals surface area contributed by atoms with Crippen LogP contribution in [0.5, 0.6) is 0 Å². The van der Waals surface area contributed by atoms with E-state index in [4.69, 9.17) is 0 Å². The minimum atomic E-state index is 0.176. The molecule has 1 fully saturated rings. The maximum absolute atomic E-state index is 11.0. The molecule has 1 N–H and O–H groups in total. The minimum absolute atomic E-state index is 0.176. The smallest absolute Gasteiger partial charge is 0.222 e. The summed E-state index contributed by atoms with van der Waals surface area (Å²) in [6.45, 7) is 1.72. The van der Waals surface area contributed by atoms with Gasteiger partial charge in [0.25, 0.3) is 0 Å². The lowest BCUT2D eigenvalue weighted by atomic mass is 9.97. The summed E-state index contributed by atoms with van der Waals surface area (Å²) >= 11 is 0. The number of amides is 1. The van der Waals surface area contributed by atoms with Gasteiger partial charge >= 0.3 is 0 Å². The fraction of sp³-hybridized carbons (Fsp3) is 0.857. The summed E-state index contributed by atoms with van der Waals surface area (Å²) in [5, 5.41) is 6.82. The van der Waals surface area contributed by atoms with Gasteiger partial charge in [-0.2, -0.15) is 0 Å². The van der Waals surface area contributed by atoms with Gasteiger partial charge in [0, 0.05) is 26.1 Å². The molecule has 1 aliphatic heterocycles. The van der Waals surface area contributed by atoms with Crippen molar-refractivity contribution >= 4 is 5.91 Å². The van der Waals surface area contributed by atoms with E-state index in [1.54, 1.807) is 7.05 Å². The number of nitrogens with zero attached hydrogens (tertiary/aromatic N) is 1. The predicted molar refractivity (Wildman–Crippen MR) is 38.7 cm³/mol. The Labute approximate surface area is 61.2 Å². The molecule has 0 aliphatic carbocycles.